The van der Waals surface area contributed by atoms with Crippen LogP contribution in [0.4, 0.5) is 10.1 Å². The first-order valence-corrected chi connectivity index (χ1v) is 14.1. The van der Waals surface area contributed by atoms with Gasteiger partial charge in [-0.25, -0.2) is 9.18 Å². The third-order valence-electron chi connectivity index (χ3n) is 7.77. The van der Waals surface area contributed by atoms with Crippen molar-refractivity contribution in [3.8, 4) is 16.9 Å². The summed E-state index contributed by atoms with van der Waals surface area (Å²) in [6, 6.07) is 10.9. The molecule has 224 valence electrons. The Kier molecular flexibility index (Phi) is 8.64. The first-order chi connectivity index (χ1) is 20.6. The number of rotatable bonds is 7. The smallest absolute Gasteiger partial charge is 0.337 e. The molecule has 2 heterocycles. The third-order valence-corrected chi connectivity index (χ3v) is 8.37. The number of carbonyl (C=O) groups excluding carboxylic acids is 1. The zero-order valence-electron chi connectivity index (χ0n) is 23.6. The van der Waals surface area contributed by atoms with Crippen LogP contribution < -0.4 is 15.4 Å². The van der Waals surface area contributed by atoms with E-state index in [1.807, 2.05) is 11.8 Å². The number of halogens is 3. The highest BCUT2D eigenvalue weighted by Gasteiger charge is 2.38. The Bertz CT molecular complexity index is 1660. The van der Waals surface area contributed by atoms with Gasteiger partial charge in [-0.1, -0.05) is 41.4 Å². The SMILES string of the molecule is CN=CC(=CN)c1cc(Cl)c(C(=O)N2COc3c(cccc3-c3cc(N4C[C@H](OC)[C@@H]4C)c(C(=O)O)cc3F)C2)c(Cl)c1. The minimum absolute atomic E-state index is 0.0611. The van der Waals surface area contributed by atoms with Crippen LogP contribution >= 0.6 is 23.2 Å². The number of carboxylic acid groups (broad SMARTS) is 1. The average Bonchev–Trinajstić information content (AvgIpc) is 2.98. The van der Waals surface area contributed by atoms with Gasteiger partial charge >= 0.3 is 5.97 Å². The van der Waals surface area contributed by atoms with E-state index in [9.17, 15) is 14.7 Å². The number of fused-ring (bicyclic) bond motifs is 1. The topological polar surface area (TPSA) is 118 Å². The molecule has 2 aliphatic rings. The number of para-hydroxylation sites is 1. The number of aromatic carboxylic acids is 1. The molecule has 3 aromatic rings. The van der Waals surface area contributed by atoms with E-state index in [1.165, 1.54) is 17.2 Å². The molecule has 0 radical (unpaired) electrons. The van der Waals surface area contributed by atoms with Gasteiger partial charge < -0.3 is 30.1 Å². The molecule has 0 bridgehead atoms. The van der Waals surface area contributed by atoms with Gasteiger partial charge in [-0.3, -0.25) is 9.79 Å². The Hall–Kier alpha value is -4.12. The molecule has 12 heteroatoms. The summed E-state index contributed by atoms with van der Waals surface area (Å²) in [5.41, 5.74) is 8.50. The maximum absolute atomic E-state index is 15.5. The lowest BCUT2D eigenvalue weighted by Crippen LogP contribution is -2.60. The number of ether oxygens (including phenoxy) is 2. The lowest BCUT2D eigenvalue weighted by atomic mass is 9.93. The van der Waals surface area contributed by atoms with Crippen molar-refractivity contribution >= 4 is 52.6 Å². The molecule has 0 spiro atoms. The molecule has 3 N–H and O–H groups in total. The van der Waals surface area contributed by atoms with E-state index >= 15 is 4.39 Å². The maximum atomic E-state index is 15.5. The molecule has 1 saturated heterocycles. The van der Waals surface area contributed by atoms with Crippen molar-refractivity contribution < 1.29 is 28.6 Å². The Morgan fingerprint density at radius 3 is 2.51 bits per heavy atom. The number of allylic oxidation sites excluding steroid dienone is 1. The van der Waals surface area contributed by atoms with E-state index in [0.717, 1.165) is 6.07 Å². The van der Waals surface area contributed by atoms with E-state index in [1.54, 1.807) is 50.7 Å². The van der Waals surface area contributed by atoms with E-state index in [4.69, 9.17) is 38.4 Å². The van der Waals surface area contributed by atoms with Crippen LogP contribution in [-0.2, 0) is 11.3 Å². The second kappa shape index (κ2) is 12.2. The first kappa shape index (κ1) is 30.3. The number of anilines is 1. The van der Waals surface area contributed by atoms with Crippen molar-refractivity contribution in [1.29, 1.82) is 0 Å². The summed E-state index contributed by atoms with van der Waals surface area (Å²) in [6.07, 6.45) is 2.86. The van der Waals surface area contributed by atoms with Gasteiger partial charge in [-0.15, -0.1) is 0 Å². The molecule has 5 rings (SSSR count). The molecule has 3 aromatic carbocycles. The zero-order chi connectivity index (χ0) is 31.0. The highest BCUT2D eigenvalue weighted by molar-refractivity contribution is 6.40. The van der Waals surface area contributed by atoms with Gasteiger partial charge in [-0.2, -0.15) is 0 Å². The van der Waals surface area contributed by atoms with E-state index < -0.39 is 17.7 Å². The Morgan fingerprint density at radius 2 is 1.91 bits per heavy atom. The molecule has 1 amide bonds. The minimum Gasteiger partial charge on any atom is -0.478 e. The fourth-order valence-corrected chi connectivity index (χ4v) is 6.06. The Morgan fingerprint density at radius 1 is 1.19 bits per heavy atom. The molecule has 9 nitrogen and oxygen atoms in total. The van der Waals surface area contributed by atoms with E-state index in [2.05, 4.69) is 4.99 Å². The molecule has 0 saturated carbocycles. The predicted molar refractivity (Wildman–Crippen MR) is 165 cm³/mol. The van der Waals surface area contributed by atoms with Crippen LogP contribution in [0.2, 0.25) is 10.0 Å². The van der Waals surface area contributed by atoms with Crippen LogP contribution in [0.15, 0.2) is 53.7 Å². The number of nitrogens with zero attached hydrogens (tertiary/aromatic N) is 3. The molecule has 0 aromatic heterocycles. The van der Waals surface area contributed by atoms with Crippen molar-refractivity contribution in [1.82, 2.24) is 4.90 Å². The number of hydrogen-bond acceptors (Lipinski definition) is 7. The van der Waals surface area contributed by atoms with Crippen molar-refractivity contribution in [2.24, 2.45) is 10.7 Å². The average molecular weight is 628 g/mol. The van der Waals surface area contributed by atoms with E-state index in [-0.39, 0.29) is 52.2 Å². The number of carbonyl (C=O) groups is 2. The summed E-state index contributed by atoms with van der Waals surface area (Å²) in [5.74, 6) is -1.98. The molecule has 2 atom stereocenters. The second-order valence-corrected chi connectivity index (χ2v) is 11.0. The van der Waals surface area contributed by atoms with Crippen molar-refractivity contribution in [3.63, 3.8) is 0 Å². The van der Waals surface area contributed by atoms with Gasteiger partial charge in [0.1, 0.15) is 11.6 Å². The summed E-state index contributed by atoms with van der Waals surface area (Å²) in [7, 11) is 3.20. The number of benzene rings is 3. The van der Waals surface area contributed by atoms with Gasteiger partial charge in [0.2, 0.25) is 0 Å². The van der Waals surface area contributed by atoms with Crippen LogP contribution in [0.1, 0.15) is 38.8 Å². The molecule has 1 fully saturated rings. The molecular weight excluding hydrogens is 598 g/mol. The monoisotopic (exact) mass is 626 g/mol. The van der Waals surface area contributed by atoms with Crippen molar-refractivity contribution in [2.75, 3.05) is 32.3 Å². The number of methoxy groups -OCH3 is 1. The van der Waals surface area contributed by atoms with Crippen LogP contribution in [0.25, 0.3) is 16.7 Å². The lowest BCUT2D eigenvalue weighted by molar-refractivity contribution is 0.0455. The fourth-order valence-electron chi connectivity index (χ4n) is 5.41. The second-order valence-electron chi connectivity index (χ2n) is 10.2. The Balaban J connectivity index is 1.47. The standard InChI is InChI=1S/C31H29Cl2FN4O5/c1-16-27(42-3)14-38(16)26-10-21(25(34)9-22(26)31(40)41)20-6-4-5-17-13-37(15-43-29(17)20)30(39)28-23(32)7-18(8-24(28)33)19(11-35)12-36-2/h4-12,16,27H,13-15,35H2,1-3H3,(H,40,41)/t16-,27-/m0/s1. The summed E-state index contributed by atoms with van der Waals surface area (Å²) >= 11 is 13.0. The zero-order valence-corrected chi connectivity index (χ0v) is 25.1. The minimum atomic E-state index is -1.23. The van der Waals surface area contributed by atoms with Crippen LogP contribution in [0.3, 0.4) is 0 Å². The maximum Gasteiger partial charge on any atom is 0.337 e. The van der Waals surface area contributed by atoms with Gasteiger partial charge in [0.25, 0.3) is 5.91 Å². The molecule has 0 aliphatic carbocycles. The fraction of sp³-hybridized carbons (Fsp3) is 0.258. The normalized spacial score (nSPS) is 18.3. The van der Waals surface area contributed by atoms with Gasteiger partial charge in [-0.05, 0) is 36.8 Å². The third kappa shape index (κ3) is 5.53. The van der Waals surface area contributed by atoms with Crippen molar-refractivity contribution in [2.45, 2.75) is 25.6 Å². The summed E-state index contributed by atoms with van der Waals surface area (Å²) in [5, 5.41) is 10.1. The van der Waals surface area contributed by atoms with Gasteiger partial charge in [0, 0.05) is 55.4 Å². The van der Waals surface area contributed by atoms with Crippen LogP contribution in [0.5, 0.6) is 5.75 Å². The highest BCUT2D eigenvalue weighted by Crippen LogP contribution is 2.42. The molecule has 43 heavy (non-hydrogen) atoms. The van der Waals surface area contributed by atoms with Gasteiger partial charge in [0.15, 0.2) is 6.73 Å². The number of aliphatic imine (C=N–C) groups is 1. The first-order valence-electron chi connectivity index (χ1n) is 13.3. The summed E-state index contributed by atoms with van der Waals surface area (Å²) < 4.78 is 26.9. The summed E-state index contributed by atoms with van der Waals surface area (Å²) in [6.45, 7) is 2.40. The number of hydrogen-bond donors (Lipinski definition) is 2. The van der Waals surface area contributed by atoms with E-state index in [0.29, 0.717) is 40.2 Å². The van der Waals surface area contributed by atoms with Crippen LogP contribution in [0, 0.1) is 5.82 Å². The molecular formula is C31H29Cl2FN4O5. The van der Waals surface area contributed by atoms with Crippen LogP contribution in [-0.4, -0.2) is 67.7 Å². The largest absolute Gasteiger partial charge is 0.478 e. The number of nitrogens with two attached hydrogens (primary N) is 1. The summed E-state index contributed by atoms with van der Waals surface area (Å²) in [4.78, 5) is 32.8. The number of carboxylic acids is 1. The van der Waals surface area contributed by atoms with Crippen molar-refractivity contribution in [3.05, 3.63) is 86.8 Å². The predicted octanol–water partition coefficient (Wildman–Crippen LogP) is 5.71. The molecule has 2 aliphatic heterocycles. The highest BCUT2D eigenvalue weighted by atomic mass is 35.5. The lowest BCUT2D eigenvalue weighted by Gasteiger charge is -2.47. The number of amides is 1. The molecule has 0 unspecified atom stereocenters. The van der Waals surface area contributed by atoms with Gasteiger partial charge in [0.05, 0.1) is 45.6 Å². The quantitative estimate of drug-likeness (QED) is 0.322. The Labute approximate surface area is 257 Å².